The van der Waals surface area contributed by atoms with Crippen LogP contribution in [-0.4, -0.2) is 73.4 Å². The Morgan fingerprint density at radius 1 is 0.500 bits per heavy atom. The molecule has 0 saturated carbocycles. The van der Waals surface area contributed by atoms with Gasteiger partial charge in [-0.25, -0.2) is 4.57 Å². The number of aliphatic hydroxyl groups is 1. The van der Waals surface area contributed by atoms with Crippen LogP contribution in [-0.2, 0) is 18.4 Å². The van der Waals surface area contributed by atoms with Gasteiger partial charge in [0.05, 0.1) is 39.9 Å². The van der Waals surface area contributed by atoms with Crippen molar-refractivity contribution < 1.29 is 32.9 Å². The molecule has 0 aromatic rings. The number of hydrogen-bond acceptors (Lipinski definition) is 5. The predicted molar refractivity (Wildman–Crippen MR) is 304 cm³/mol. The molecule has 70 heavy (non-hydrogen) atoms. The number of allylic oxidation sites excluding steroid dienone is 16. The smallest absolute Gasteiger partial charge is 0.391 e. The number of carbonyl (C=O) groups excluding carboxylic acids is 1. The van der Waals surface area contributed by atoms with E-state index in [0.717, 1.165) is 103 Å². The number of nitrogens with one attached hydrogen (secondary N) is 1. The van der Waals surface area contributed by atoms with E-state index in [4.69, 9.17) is 9.05 Å². The van der Waals surface area contributed by atoms with E-state index in [-0.39, 0.29) is 19.1 Å². The molecule has 404 valence electrons. The Bertz CT molecular complexity index is 1460. The molecule has 0 rings (SSSR count). The Hall–Kier alpha value is -2.58. The molecule has 0 heterocycles. The van der Waals surface area contributed by atoms with Gasteiger partial charge in [-0.05, 0) is 77.0 Å². The van der Waals surface area contributed by atoms with Gasteiger partial charge in [-0.1, -0.05) is 246 Å². The number of hydrogen-bond donors (Lipinski definition) is 3. The minimum atomic E-state index is -4.33. The molecule has 0 aliphatic rings. The minimum absolute atomic E-state index is 0.0667. The van der Waals surface area contributed by atoms with Gasteiger partial charge < -0.3 is 19.8 Å². The number of rotatable bonds is 51. The topological polar surface area (TPSA) is 105 Å². The van der Waals surface area contributed by atoms with Crippen LogP contribution in [0.4, 0.5) is 0 Å². The molecule has 0 radical (unpaired) electrons. The molecule has 0 saturated heterocycles. The second-order valence-electron chi connectivity index (χ2n) is 20.3. The molecule has 3 unspecified atom stereocenters. The molecule has 0 aromatic heterocycles. The molecule has 0 aliphatic heterocycles. The van der Waals surface area contributed by atoms with Crippen molar-refractivity contribution in [2.45, 2.75) is 244 Å². The average Bonchev–Trinajstić information content (AvgIpc) is 3.32. The lowest BCUT2D eigenvalue weighted by atomic mass is 10.0. The Balaban J connectivity index is 4.23. The van der Waals surface area contributed by atoms with Gasteiger partial charge in [0, 0.05) is 6.42 Å². The lowest BCUT2D eigenvalue weighted by Gasteiger charge is -2.26. The largest absolute Gasteiger partial charge is 0.472 e. The lowest BCUT2D eigenvalue weighted by molar-refractivity contribution is -0.870. The molecule has 3 N–H and O–H groups in total. The summed E-state index contributed by atoms with van der Waals surface area (Å²) in [5, 5.41) is 14.0. The van der Waals surface area contributed by atoms with E-state index < -0.39 is 20.0 Å². The van der Waals surface area contributed by atoms with E-state index in [1.54, 1.807) is 0 Å². The first kappa shape index (κ1) is 67.4. The van der Waals surface area contributed by atoms with E-state index in [1.165, 1.54) is 103 Å². The average molecular weight is 999 g/mol. The maximum absolute atomic E-state index is 13.0. The fourth-order valence-corrected chi connectivity index (χ4v) is 8.62. The van der Waals surface area contributed by atoms with Gasteiger partial charge in [0.15, 0.2) is 0 Å². The van der Waals surface area contributed by atoms with Crippen molar-refractivity contribution in [2.24, 2.45) is 0 Å². The summed E-state index contributed by atoms with van der Waals surface area (Å²) >= 11 is 0. The Labute approximate surface area is 432 Å². The number of nitrogens with zero attached hydrogens (tertiary/aromatic N) is 1. The van der Waals surface area contributed by atoms with Crippen LogP contribution in [0.3, 0.4) is 0 Å². The summed E-state index contributed by atoms with van der Waals surface area (Å²) in [5.74, 6) is -0.162. The fraction of sp³-hybridized carbons (Fsp3) is 0.721. The highest BCUT2D eigenvalue weighted by Crippen LogP contribution is 2.43. The van der Waals surface area contributed by atoms with E-state index >= 15 is 0 Å². The monoisotopic (exact) mass is 998 g/mol. The molecular weight excluding hydrogens is 888 g/mol. The van der Waals surface area contributed by atoms with Crippen LogP contribution in [0.15, 0.2) is 97.2 Å². The van der Waals surface area contributed by atoms with Gasteiger partial charge in [-0.2, -0.15) is 0 Å². The van der Waals surface area contributed by atoms with Crippen LogP contribution in [0.1, 0.15) is 232 Å². The van der Waals surface area contributed by atoms with Gasteiger partial charge in [0.25, 0.3) is 0 Å². The molecule has 0 bridgehead atoms. The quantitative estimate of drug-likeness (QED) is 0.0243. The van der Waals surface area contributed by atoms with E-state index in [2.05, 4.69) is 116 Å². The summed E-state index contributed by atoms with van der Waals surface area (Å²) in [6.07, 6.45) is 73.1. The molecule has 8 nitrogen and oxygen atoms in total. The fourth-order valence-electron chi connectivity index (χ4n) is 7.89. The van der Waals surface area contributed by atoms with Gasteiger partial charge in [0.2, 0.25) is 5.91 Å². The summed E-state index contributed by atoms with van der Waals surface area (Å²) in [6.45, 7) is 4.76. The first-order chi connectivity index (χ1) is 34.0. The summed E-state index contributed by atoms with van der Waals surface area (Å²) in [5.41, 5.74) is 0. The van der Waals surface area contributed by atoms with Crippen LogP contribution in [0.25, 0.3) is 0 Å². The van der Waals surface area contributed by atoms with Crippen molar-refractivity contribution in [2.75, 3.05) is 40.9 Å². The second-order valence-corrected chi connectivity index (χ2v) is 21.7. The van der Waals surface area contributed by atoms with Crippen molar-refractivity contribution >= 4 is 13.7 Å². The number of phosphoric ester groups is 1. The predicted octanol–water partition coefficient (Wildman–Crippen LogP) is 17.4. The standard InChI is InChI=1S/C61H109N2O6P/c1-6-8-10-12-14-16-18-20-22-24-25-26-27-28-29-30-31-32-33-34-35-36-37-39-41-43-45-47-49-51-53-55-61(65)62-59(58-69-70(66,67)68-57-56-63(3,4)5)60(64)54-52-50-48-46-44-42-40-38-23-21-19-17-15-13-11-9-7-2/h8,10,14,16,20,22,25-26,28-29,31-32,34-35,37,39,59-60,64H,6-7,9,11-13,15,17-19,21,23-24,27,30,33,36,38,40-58H2,1-5H3,(H-,62,65,66,67)/p+1/b10-8-,16-14-,22-20-,26-25-,29-28-,32-31-,35-34-,39-37-. The number of carbonyl (C=O) groups is 1. The highest BCUT2D eigenvalue weighted by molar-refractivity contribution is 7.47. The van der Waals surface area contributed by atoms with Gasteiger partial charge >= 0.3 is 7.82 Å². The van der Waals surface area contributed by atoms with Crippen molar-refractivity contribution in [3.8, 4) is 0 Å². The molecular formula is C61H110N2O6P+. The first-order valence-corrected chi connectivity index (χ1v) is 30.1. The zero-order valence-corrected chi connectivity index (χ0v) is 46.9. The normalized spacial score (nSPS) is 14.7. The number of unbranched alkanes of at least 4 members (excludes halogenated alkanes) is 22. The zero-order chi connectivity index (χ0) is 51.3. The zero-order valence-electron chi connectivity index (χ0n) is 46.0. The molecule has 0 aromatic carbocycles. The number of quaternary nitrogens is 1. The lowest BCUT2D eigenvalue weighted by Crippen LogP contribution is -2.46. The van der Waals surface area contributed by atoms with E-state index in [0.29, 0.717) is 23.9 Å². The maximum Gasteiger partial charge on any atom is 0.472 e. The van der Waals surface area contributed by atoms with Gasteiger partial charge in [-0.3, -0.25) is 13.8 Å². The van der Waals surface area contributed by atoms with Gasteiger partial charge in [0.1, 0.15) is 13.2 Å². The number of amides is 1. The minimum Gasteiger partial charge on any atom is -0.391 e. The number of phosphoric acid groups is 1. The molecule has 0 aliphatic carbocycles. The maximum atomic E-state index is 13.0. The van der Waals surface area contributed by atoms with Crippen LogP contribution in [0.5, 0.6) is 0 Å². The number of aliphatic hydroxyl groups excluding tert-OH is 1. The van der Waals surface area contributed by atoms with Crippen molar-refractivity contribution in [3.05, 3.63) is 97.2 Å². The highest BCUT2D eigenvalue weighted by atomic mass is 31.2. The summed E-state index contributed by atoms with van der Waals surface area (Å²) < 4.78 is 23.8. The van der Waals surface area contributed by atoms with Crippen LogP contribution >= 0.6 is 7.82 Å². The molecule has 3 atom stereocenters. The van der Waals surface area contributed by atoms with Crippen LogP contribution < -0.4 is 5.32 Å². The van der Waals surface area contributed by atoms with Gasteiger partial charge in [-0.15, -0.1) is 0 Å². The Morgan fingerprint density at radius 2 is 0.857 bits per heavy atom. The third-order valence-corrected chi connectivity index (χ3v) is 13.3. The third kappa shape index (κ3) is 53.2. The SMILES string of the molecule is CC/C=C\C/C=C\C/C=C\C/C=C\C/C=C\C/C=C\C/C=C\C/C=C\CCCCCCCCC(=O)NC(COP(=O)(O)OCC[N+](C)(C)C)C(O)CCCCCCCCCCCCCCCCCCC. The molecule has 0 fully saturated rings. The van der Waals surface area contributed by atoms with Crippen molar-refractivity contribution in [1.29, 1.82) is 0 Å². The first-order valence-electron chi connectivity index (χ1n) is 28.6. The summed E-state index contributed by atoms with van der Waals surface area (Å²) in [7, 11) is 1.59. The van der Waals surface area contributed by atoms with Crippen LogP contribution in [0, 0.1) is 0 Å². The second kappa shape index (κ2) is 51.3. The Kier molecular flexibility index (Phi) is 49.4. The van der Waals surface area contributed by atoms with Crippen molar-refractivity contribution in [1.82, 2.24) is 5.32 Å². The highest BCUT2D eigenvalue weighted by Gasteiger charge is 2.28. The Morgan fingerprint density at radius 3 is 1.26 bits per heavy atom. The number of likely N-dealkylation sites (N-methyl/N-ethyl adjacent to an activating group) is 1. The molecule has 1 amide bonds. The van der Waals surface area contributed by atoms with Crippen molar-refractivity contribution in [3.63, 3.8) is 0 Å². The summed E-state index contributed by atoms with van der Waals surface area (Å²) in [4.78, 5) is 23.3. The summed E-state index contributed by atoms with van der Waals surface area (Å²) in [6, 6.07) is -0.776. The third-order valence-electron chi connectivity index (χ3n) is 12.3. The molecule has 0 spiro atoms. The van der Waals surface area contributed by atoms with E-state index in [9.17, 15) is 19.4 Å². The van der Waals surface area contributed by atoms with E-state index in [1.807, 2.05) is 21.1 Å². The van der Waals surface area contributed by atoms with Crippen LogP contribution in [0.2, 0.25) is 0 Å². The molecule has 9 heteroatoms.